The van der Waals surface area contributed by atoms with Crippen LogP contribution < -0.4 is 5.32 Å². The second-order valence-corrected chi connectivity index (χ2v) is 9.69. The smallest absolute Gasteiger partial charge is 0.138 e. The first-order valence-electron chi connectivity index (χ1n) is 13.1. The van der Waals surface area contributed by atoms with Gasteiger partial charge in [-0.3, -0.25) is 0 Å². The van der Waals surface area contributed by atoms with Gasteiger partial charge in [0.25, 0.3) is 0 Å². The summed E-state index contributed by atoms with van der Waals surface area (Å²) in [5, 5.41) is 11.6. The second kappa shape index (κ2) is 9.75. The summed E-state index contributed by atoms with van der Waals surface area (Å²) in [4.78, 5) is 8.21. The Morgan fingerprint density at radius 1 is 0.692 bits per heavy atom. The Labute approximate surface area is 226 Å². The standard InChI is InChI=1S/C35H27N3O/c1-39-22-36-20-18-31-34(30-15-8-19-37-35(30)38-31)33-28-13-6-4-11-26(28)32(27-12-5-7-14-29(27)33)25-17-16-23-9-2-3-10-24(23)21-25/h2-21,36H,22H2,1H3,(H,37,38)/b20-18-. The molecule has 0 atom stereocenters. The summed E-state index contributed by atoms with van der Waals surface area (Å²) in [6.45, 7) is 0.441. The number of ether oxygens (including phenoxy) is 1. The number of nitrogens with zero attached hydrogens (tertiary/aromatic N) is 1. The highest BCUT2D eigenvalue weighted by Crippen LogP contribution is 2.46. The number of aromatic nitrogens is 2. The van der Waals surface area contributed by atoms with Gasteiger partial charge in [-0.05, 0) is 67.7 Å². The summed E-state index contributed by atoms with van der Waals surface area (Å²) >= 11 is 0. The summed E-state index contributed by atoms with van der Waals surface area (Å²) in [6.07, 6.45) is 5.82. The molecule has 7 rings (SSSR count). The van der Waals surface area contributed by atoms with Crippen molar-refractivity contribution in [2.45, 2.75) is 0 Å². The number of rotatable bonds is 6. The van der Waals surface area contributed by atoms with Gasteiger partial charge < -0.3 is 15.0 Å². The number of H-pyrrole nitrogens is 1. The second-order valence-electron chi connectivity index (χ2n) is 9.69. The van der Waals surface area contributed by atoms with Crippen molar-refractivity contribution in [1.82, 2.24) is 15.3 Å². The van der Waals surface area contributed by atoms with Gasteiger partial charge in [0.1, 0.15) is 12.4 Å². The zero-order valence-corrected chi connectivity index (χ0v) is 21.6. The summed E-state index contributed by atoms with van der Waals surface area (Å²) < 4.78 is 5.17. The van der Waals surface area contributed by atoms with E-state index in [1.54, 1.807) is 7.11 Å². The van der Waals surface area contributed by atoms with Gasteiger partial charge in [-0.15, -0.1) is 0 Å². The molecule has 39 heavy (non-hydrogen) atoms. The molecule has 0 saturated heterocycles. The zero-order valence-electron chi connectivity index (χ0n) is 21.6. The Kier molecular flexibility index (Phi) is 5.80. The van der Waals surface area contributed by atoms with Crippen LogP contribution in [0.5, 0.6) is 0 Å². The Morgan fingerprint density at radius 2 is 1.33 bits per heavy atom. The molecule has 0 aliphatic heterocycles. The van der Waals surface area contributed by atoms with Crippen LogP contribution in [0.4, 0.5) is 0 Å². The van der Waals surface area contributed by atoms with Gasteiger partial charge in [-0.2, -0.15) is 0 Å². The summed E-state index contributed by atoms with van der Waals surface area (Å²) in [6, 6.07) is 37.0. The average Bonchev–Trinajstić information content (AvgIpc) is 3.35. The number of methoxy groups -OCH3 is 1. The van der Waals surface area contributed by atoms with E-state index in [-0.39, 0.29) is 0 Å². The van der Waals surface area contributed by atoms with Crippen LogP contribution in [0.25, 0.3) is 71.7 Å². The lowest BCUT2D eigenvalue weighted by Gasteiger charge is -2.18. The fourth-order valence-electron chi connectivity index (χ4n) is 5.76. The highest BCUT2D eigenvalue weighted by molar-refractivity contribution is 6.24. The van der Waals surface area contributed by atoms with Crippen molar-refractivity contribution in [1.29, 1.82) is 0 Å². The number of hydrogen-bond donors (Lipinski definition) is 2. The van der Waals surface area contributed by atoms with Crippen LogP contribution in [0.1, 0.15) is 5.69 Å². The molecule has 2 aromatic heterocycles. The van der Waals surface area contributed by atoms with Crippen LogP contribution >= 0.6 is 0 Å². The number of hydrogen-bond acceptors (Lipinski definition) is 3. The third kappa shape index (κ3) is 3.94. The van der Waals surface area contributed by atoms with Gasteiger partial charge in [-0.25, -0.2) is 4.98 Å². The number of aromatic amines is 1. The van der Waals surface area contributed by atoms with Crippen molar-refractivity contribution in [2.24, 2.45) is 0 Å². The maximum atomic E-state index is 5.17. The lowest BCUT2D eigenvalue weighted by atomic mass is 9.85. The van der Waals surface area contributed by atoms with Gasteiger partial charge in [-0.1, -0.05) is 84.9 Å². The molecular formula is C35H27N3O. The van der Waals surface area contributed by atoms with E-state index < -0.39 is 0 Å². The molecule has 7 aromatic rings. The molecule has 0 saturated carbocycles. The van der Waals surface area contributed by atoms with E-state index in [1.165, 1.54) is 49.0 Å². The van der Waals surface area contributed by atoms with Crippen molar-refractivity contribution >= 4 is 49.4 Å². The first kappa shape index (κ1) is 23.2. The fraction of sp³-hybridized carbons (Fsp3) is 0.0571. The van der Waals surface area contributed by atoms with Gasteiger partial charge in [0, 0.05) is 41.7 Å². The van der Waals surface area contributed by atoms with Crippen molar-refractivity contribution in [3.8, 4) is 22.3 Å². The molecule has 2 N–H and O–H groups in total. The van der Waals surface area contributed by atoms with Crippen LogP contribution in [0.15, 0.2) is 116 Å². The van der Waals surface area contributed by atoms with Crippen LogP contribution in [-0.4, -0.2) is 23.8 Å². The lowest BCUT2D eigenvalue weighted by Crippen LogP contribution is -2.07. The number of nitrogens with one attached hydrogen (secondary N) is 2. The van der Waals surface area contributed by atoms with E-state index >= 15 is 0 Å². The van der Waals surface area contributed by atoms with Gasteiger partial charge in [0.15, 0.2) is 0 Å². The number of pyridine rings is 1. The summed E-state index contributed by atoms with van der Waals surface area (Å²) in [5.74, 6) is 0. The summed E-state index contributed by atoms with van der Waals surface area (Å²) in [7, 11) is 1.68. The largest absolute Gasteiger partial charge is 0.369 e. The van der Waals surface area contributed by atoms with Crippen molar-refractivity contribution in [3.63, 3.8) is 0 Å². The Morgan fingerprint density at radius 3 is 2.05 bits per heavy atom. The van der Waals surface area contributed by atoms with E-state index in [0.717, 1.165) is 22.3 Å². The van der Waals surface area contributed by atoms with E-state index in [2.05, 4.69) is 118 Å². The zero-order chi connectivity index (χ0) is 26.2. The summed E-state index contributed by atoms with van der Waals surface area (Å²) in [5.41, 5.74) is 6.69. The third-order valence-corrected chi connectivity index (χ3v) is 7.41. The van der Waals surface area contributed by atoms with Crippen molar-refractivity contribution in [2.75, 3.05) is 13.8 Å². The van der Waals surface area contributed by atoms with E-state index in [9.17, 15) is 0 Å². The molecule has 0 aliphatic rings. The molecule has 188 valence electrons. The van der Waals surface area contributed by atoms with Crippen LogP contribution in [0.3, 0.4) is 0 Å². The molecule has 4 heteroatoms. The molecular weight excluding hydrogens is 478 g/mol. The van der Waals surface area contributed by atoms with E-state index in [1.807, 2.05) is 18.5 Å². The molecule has 5 aromatic carbocycles. The molecule has 2 heterocycles. The third-order valence-electron chi connectivity index (χ3n) is 7.41. The minimum Gasteiger partial charge on any atom is -0.369 e. The quantitative estimate of drug-likeness (QED) is 0.135. The molecule has 0 unspecified atom stereocenters. The first-order valence-corrected chi connectivity index (χ1v) is 13.1. The molecule has 0 amide bonds. The highest BCUT2D eigenvalue weighted by atomic mass is 16.5. The molecule has 0 aliphatic carbocycles. The topological polar surface area (TPSA) is 49.9 Å². The van der Waals surface area contributed by atoms with Crippen molar-refractivity contribution < 1.29 is 4.74 Å². The van der Waals surface area contributed by atoms with Crippen LogP contribution in [0.2, 0.25) is 0 Å². The average molecular weight is 506 g/mol. The molecule has 4 nitrogen and oxygen atoms in total. The molecule has 0 fully saturated rings. The predicted octanol–water partition coefficient (Wildman–Crippen LogP) is 8.52. The number of fused-ring (bicyclic) bond motifs is 4. The molecule has 0 spiro atoms. The number of benzene rings is 5. The fourth-order valence-corrected chi connectivity index (χ4v) is 5.76. The molecule has 0 radical (unpaired) electrons. The minimum absolute atomic E-state index is 0.441. The van der Waals surface area contributed by atoms with Gasteiger partial charge >= 0.3 is 0 Å². The van der Waals surface area contributed by atoms with Gasteiger partial charge in [0.05, 0.1) is 0 Å². The highest BCUT2D eigenvalue weighted by Gasteiger charge is 2.21. The normalized spacial score (nSPS) is 11.8. The Bertz CT molecular complexity index is 1960. The monoisotopic (exact) mass is 505 g/mol. The minimum atomic E-state index is 0.441. The van der Waals surface area contributed by atoms with Crippen LogP contribution in [-0.2, 0) is 4.74 Å². The lowest BCUT2D eigenvalue weighted by molar-refractivity contribution is 0.188. The maximum Gasteiger partial charge on any atom is 0.138 e. The SMILES string of the molecule is COCN/C=C\c1[nH]c2ncccc2c1-c1c2ccccc2c(-c2ccc3ccccc3c2)c2ccccc12. The predicted molar refractivity (Wildman–Crippen MR) is 164 cm³/mol. The first-order chi connectivity index (χ1) is 19.3. The van der Waals surface area contributed by atoms with E-state index in [0.29, 0.717) is 6.73 Å². The van der Waals surface area contributed by atoms with Crippen molar-refractivity contribution in [3.05, 3.63) is 121 Å². The molecule has 0 bridgehead atoms. The van der Waals surface area contributed by atoms with E-state index in [4.69, 9.17) is 4.74 Å². The Hall–Kier alpha value is -4.93. The van der Waals surface area contributed by atoms with Crippen LogP contribution in [0, 0.1) is 0 Å². The maximum absolute atomic E-state index is 5.17. The van der Waals surface area contributed by atoms with Gasteiger partial charge in [0.2, 0.25) is 0 Å². The Balaban J connectivity index is 1.58.